The van der Waals surface area contributed by atoms with Gasteiger partial charge in [-0.05, 0) is 47.0 Å². The van der Waals surface area contributed by atoms with Crippen LogP contribution in [0.15, 0.2) is 22.7 Å². The summed E-state index contributed by atoms with van der Waals surface area (Å²) in [5.74, 6) is 1.27. The van der Waals surface area contributed by atoms with Crippen LogP contribution in [0.4, 0.5) is 0 Å². The van der Waals surface area contributed by atoms with Crippen LogP contribution < -0.4 is 4.74 Å². The van der Waals surface area contributed by atoms with Crippen LogP contribution in [0.5, 0.6) is 5.75 Å². The Balaban J connectivity index is 2.81. The smallest absolute Gasteiger partial charge is 0.120 e. The summed E-state index contributed by atoms with van der Waals surface area (Å²) in [5.41, 5.74) is 0.625. The van der Waals surface area contributed by atoms with Gasteiger partial charge in [0.05, 0.1) is 11.7 Å². The summed E-state index contributed by atoms with van der Waals surface area (Å²) in [6.45, 7) is 6.27. The Labute approximate surface area is 99.0 Å². The molecule has 0 radical (unpaired) electrons. The largest absolute Gasteiger partial charge is 0.490 e. The standard InChI is InChI=1S/C12H14BrNO/c1-8(2)9(3)15-11-5-4-10(7-14)12(13)6-11/h4-6,8-9H,1-3H3. The third-order valence-electron chi connectivity index (χ3n) is 2.32. The number of benzene rings is 1. The molecule has 1 aromatic rings. The highest BCUT2D eigenvalue weighted by molar-refractivity contribution is 9.10. The normalized spacial score (nSPS) is 12.3. The average molecular weight is 268 g/mol. The highest BCUT2D eigenvalue weighted by Crippen LogP contribution is 2.24. The lowest BCUT2D eigenvalue weighted by Gasteiger charge is -2.18. The van der Waals surface area contributed by atoms with Crippen molar-refractivity contribution in [1.29, 1.82) is 5.26 Å². The molecular formula is C12H14BrNO. The van der Waals surface area contributed by atoms with Crippen LogP contribution in [0.3, 0.4) is 0 Å². The number of halogens is 1. The van der Waals surface area contributed by atoms with E-state index < -0.39 is 0 Å². The number of rotatable bonds is 3. The minimum Gasteiger partial charge on any atom is -0.490 e. The molecule has 0 aliphatic rings. The molecule has 1 aromatic carbocycles. The highest BCUT2D eigenvalue weighted by atomic mass is 79.9. The summed E-state index contributed by atoms with van der Waals surface area (Å²) in [4.78, 5) is 0. The molecule has 0 saturated carbocycles. The van der Waals surface area contributed by atoms with E-state index in [9.17, 15) is 0 Å². The van der Waals surface area contributed by atoms with Crippen molar-refractivity contribution >= 4 is 15.9 Å². The molecule has 1 atom stereocenters. The molecule has 15 heavy (non-hydrogen) atoms. The van der Waals surface area contributed by atoms with Crippen LogP contribution in [0.1, 0.15) is 26.3 Å². The minimum absolute atomic E-state index is 0.171. The zero-order valence-electron chi connectivity index (χ0n) is 9.12. The molecule has 2 nitrogen and oxygen atoms in total. The predicted octanol–water partition coefficient (Wildman–Crippen LogP) is 3.74. The molecule has 0 bridgehead atoms. The van der Waals surface area contributed by atoms with E-state index in [1.165, 1.54) is 0 Å². The summed E-state index contributed by atoms with van der Waals surface area (Å²) >= 11 is 3.33. The molecular weight excluding hydrogens is 254 g/mol. The van der Waals surface area contributed by atoms with Crippen LogP contribution >= 0.6 is 15.9 Å². The molecule has 0 spiro atoms. The number of nitriles is 1. The number of hydrogen-bond donors (Lipinski definition) is 0. The quantitative estimate of drug-likeness (QED) is 0.836. The SMILES string of the molecule is CC(C)C(C)Oc1ccc(C#N)c(Br)c1. The van der Waals surface area contributed by atoms with Gasteiger partial charge in [-0.15, -0.1) is 0 Å². The van der Waals surface area contributed by atoms with E-state index >= 15 is 0 Å². The van der Waals surface area contributed by atoms with Crippen molar-refractivity contribution < 1.29 is 4.74 Å². The van der Waals surface area contributed by atoms with E-state index in [4.69, 9.17) is 10.00 Å². The van der Waals surface area contributed by atoms with Crippen molar-refractivity contribution in [2.45, 2.75) is 26.9 Å². The summed E-state index contributed by atoms with van der Waals surface area (Å²) in [6, 6.07) is 7.50. The molecule has 0 aromatic heterocycles. The Morgan fingerprint density at radius 3 is 2.47 bits per heavy atom. The van der Waals surface area contributed by atoms with Gasteiger partial charge in [-0.3, -0.25) is 0 Å². The molecule has 0 aliphatic carbocycles. The summed E-state index contributed by atoms with van der Waals surface area (Å²) in [7, 11) is 0. The van der Waals surface area contributed by atoms with Crippen molar-refractivity contribution in [2.24, 2.45) is 5.92 Å². The number of hydrogen-bond acceptors (Lipinski definition) is 2. The van der Waals surface area contributed by atoms with Gasteiger partial charge >= 0.3 is 0 Å². The fraction of sp³-hybridized carbons (Fsp3) is 0.417. The van der Waals surface area contributed by atoms with E-state index in [0.717, 1.165) is 10.2 Å². The van der Waals surface area contributed by atoms with Crippen LogP contribution in [0, 0.1) is 17.2 Å². The molecule has 0 heterocycles. The molecule has 0 aliphatic heterocycles. The van der Waals surface area contributed by atoms with Crippen molar-refractivity contribution in [1.82, 2.24) is 0 Å². The zero-order chi connectivity index (χ0) is 11.4. The summed E-state index contributed by atoms with van der Waals surface area (Å²) in [5, 5.41) is 8.76. The Kier molecular flexibility index (Phi) is 4.16. The van der Waals surface area contributed by atoms with Crippen molar-refractivity contribution in [3.8, 4) is 11.8 Å². The van der Waals surface area contributed by atoms with E-state index in [0.29, 0.717) is 11.5 Å². The highest BCUT2D eigenvalue weighted by Gasteiger charge is 2.09. The van der Waals surface area contributed by atoms with Gasteiger partial charge in [0, 0.05) is 4.47 Å². The summed E-state index contributed by atoms with van der Waals surface area (Å²) < 4.78 is 6.49. The van der Waals surface area contributed by atoms with Crippen molar-refractivity contribution in [3.63, 3.8) is 0 Å². The first kappa shape index (κ1) is 12.1. The number of ether oxygens (including phenoxy) is 1. The Morgan fingerprint density at radius 2 is 2.00 bits per heavy atom. The third-order valence-corrected chi connectivity index (χ3v) is 2.98. The molecule has 1 rings (SSSR count). The second-order valence-corrected chi connectivity index (χ2v) is 4.67. The average Bonchev–Trinajstić information content (AvgIpc) is 2.18. The van der Waals surface area contributed by atoms with Gasteiger partial charge in [0.25, 0.3) is 0 Å². The van der Waals surface area contributed by atoms with Gasteiger partial charge in [0.2, 0.25) is 0 Å². The monoisotopic (exact) mass is 267 g/mol. The lowest BCUT2D eigenvalue weighted by Crippen LogP contribution is -2.18. The fourth-order valence-corrected chi connectivity index (χ4v) is 1.46. The second kappa shape index (κ2) is 5.18. The van der Waals surface area contributed by atoms with E-state index in [2.05, 4.69) is 35.8 Å². The first-order valence-electron chi connectivity index (χ1n) is 4.91. The molecule has 0 saturated heterocycles. The Bertz CT molecular complexity index is 382. The molecule has 0 fully saturated rings. The fourth-order valence-electron chi connectivity index (χ4n) is 1.01. The van der Waals surface area contributed by atoms with Crippen LogP contribution in [-0.2, 0) is 0 Å². The predicted molar refractivity (Wildman–Crippen MR) is 63.8 cm³/mol. The van der Waals surface area contributed by atoms with Gasteiger partial charge in [-0.2, -0.15) is 5.26 Å². The van der Waals surface area contributed by atoms with Crippen LogP contribution in [0.2, 0.25) is 0 Å². The first-order valence-corrected chi connectivity index (χ1v) is 5.70. The van der Waals surface area contributed by atoms with Crippen LogP contribution in [0.25, 0.3) is 0 Å². The van der Waals surface area contributed by atoms with Gasteiger partial charge in [-0.1, -0.05) is 13.8 Å². The first-order chi connectivity index (χ1) is 7.04. The van der Waals surface area contributed by atoms with Gasteiger partial charge < -0.3 is 4.74 Å². The van der Waals surface area contributed by atoms with Crippen molar-refractivity contribution in [3.05, 3.63) is 28.2 Å². The Hall–Kier alpha value is -1.01. The molecule has 1 unspecified atom stereocenters. The Morgan fingerprint density at radius 1 is 1.33 bits per heavy atom. The molecule has 3 heteroatoms. The summed E-state index contributed by atoms with van der Waals surface area (Å²) in [6.07, 6.45) is 0.171. The minimum atomic E-state index is 0.171. The zero-order valence-corrected chi connectivity index (χ0v) is 10.7. The lowest BCUT2D eigenvalue weighted by atomic mass is 10.1. The number of nitrogens with zero attached hydrogens (tertiary/aromatic N) is 1. The molecule has 0 N–H and O–H groups in total. The maximum absolute atomic E-state index is 8.76. The maximum atomic E-state index is 8.76. The van der Waals surface area contributed by atoms with Crippen molar-refractivity contribution in [2.75, 3.05) is 0 Å². The van der Waals surface area contributed by atoms with Crippen LogP contribution in [-0.4, -0.2) is 6.10 Å². The van der Waals surface area contributed by atoms with E-state index in [1.54, 1.807) is 6.07 Å². The van der Waals surface area contributed by atoms with Gasteiger partial charge in [0.15, 0.2) is 0 Å². The van der Waals surface area contributed by atoms with E-state index in [-0.39, 0.29) is 6.10 Å². The molecule has 80 valence electrons. The van der Waals surface area contributed by atoms with Gasteiger partial charge in [0.1, 0.15) is 11.8 Å². The maximum Gasteiger partial charge on any atom is 0.120 e. The second-order valence-electron chi connectivity index (χ2n) is 3.82. The lowest BCUT2D eigenvalue weighted by molar-refractivity contribution is 0.170. The van der Waals surface area contributed by atoms with Gasteiger partial charge in [-0.25, -0.2) is 0 Å². The third kappa shape index (κ3) is 3.24. The topological polar surface area (TPSA) is 33.0 Å². The molecule has 0 amide bonds. The van der Waals surface area contributed by atoms with E-state index in [1.807, 2.05) is 19.1 Å².